The molecule has 2 aromatic carbocycles. The molecule has 2 heterocycles. The summed E-state index contributed by atoms with van der Waals surface area (Å²) in [5.74, 6) is -0.103. The summed E-state index contributed by atoms with van der Waals surface area (Å²) in [5, 5.41) is 8.10. The Morgan fingerprint density at radius 3 is 2.41 bits per heavy atom. The summed E-state index contributed by atoms with van der Waals surface area (Å²) in [5.41, 5.74) is 7.85. The molecule has 0 saturated carbocycles. The molecule has 34 heavy (non-hydrogen) atoms. The predicted octanol–water partition coefficient (Wildman–Crippen LogP) is 3.48. The van der Waals surface area contributed by atoms with Crippen LogP contribution in [0.15, 0.2) is 65.7 Å². The molecule has 0 spiro atoms. The summed E-state index contributed by atoms with van der Waals surface area (Å²) < 4.78 is 24.8. The number of benzene rings is 2. The van der Waals surface area contributed by atoms with E-state index in [9.17, 15) is 13.2 Å². The molecule has 176 valence electrons. The van der Waals surface area contributed by atoms with Crippen LogP contribution in [-0.2, 0) is 27.7 Å². The standard InChI is InChI=1S/C26H28N4O3S/c1-17-11-13-30-23(26(29-24(30)14-17)21-7-4-18(2)19(3)15-21)16-25(31)28-12-10-20-5-8-22(9-6-20)34(27,32)33/h4-9,11,13-15H,10,12,16H2,1-3H3,(H,28,31)(H2,27,32,33). The van der Waals surface area contributed by atoms with Gasteiger partial charge in [0.05, 0.1) is 22.7 Å². The molecule has 4 aromatic rings. The molecule has 0 unspecified atom stereocenters. The molecule has 1 amide bonds. The molecule has 0 bridgehead atoms. The molecule has 0 atom stereocenters. The van der Waals surface area contributed by atoms with E-state index in [1.165, 1.54) is 23.3 Å². The Morgan fingerprint density at radius 1 is 1.00 bits per heavy atom. The van der Waals surface area contributed by atoms with E-state index in [0.29, 0.717) is 13.0 Å². The zero-order chi connectivity index (χ0) is 24.5. The molecule has 4 rings (SSSR count). The maximum absolute atomic E-state index is 12.9. The number of sulfonamides is 1. The van der Waals surface area contributed by atoms with Crippen molar-refractivity contribution in [1.82, 2.24) is 14.7 Å². The van der Waals surface area contributed by atoms with Gasteiger partial charge in [-0.25, -0.2) is 18.5 Å². The number of carbonyl (C=O) groups is 1. The monoisotopic (exact) mass is 476 g/mol. The molecule has 0 fully saturated rings. The van der Waals surface area contributed by atoms with Crippen LogP contribution in [0.2, 0.25) is 0 Å². The lowest BCUT2D eigenvalue weighted by Crippen LogP contribution is -2.27. The molecular weight excluding hydrogens is 448 g/mol. The molecule has 0 aliphatic rings. The average Bonchev–Trinajstić information content (AvgIpc) is 3.12. The third-order valence-electron chi connectivity index (χ3n) is 5.98. The van der Waals surface area contributed by atoms with Gasteiger partial charge in [0.2, 0.25) is 15.9 Å². The van der Waals surface area contributed by atoms with Crippen molar-refractivity contribution in [2.45, 2.75) is 38.5 Å². The fraction of sp³-hybridized carbons (Fsp3) is 0.231. The van der Waals surface area contributed by atoms with Crippen LogP contribution in [0.4, 0.5) is 0 Å². The molecule has 0 saturated heterocycles. The molecule has 7 nitrogen and oxygen atoms in total. The quantitative estimate of drug-likeness (QED) is 0.426. The van der Waals surface area contributed by atoms with Gasteiger partial charge in [0.25, 0.3) is 0 Å². The van der Waals surface area contributed by atoms with Gasteiger partial charge in [-0.15, -0.1) is 0 Å². The summed E-state index contributed by atoms with van der Waals surface area (Å²) in [4.78, 5) is 17.8. The number of aryl methyl sites for hydroxylation is 3. The largest absolute Gasteiger partial charge is 0.355 e. The van der Waals surface area contributed by atoms with Crippen molar-refractivity contribution in [2.75, 3.05) is 6.54 Å². The molecular formula is C26H28N4O3S. The van der Waals surface area contributed by atoms with Crippen LogP contribution in [-0.4, -0.2) is 30.3 Å². The van der Waals surface area contributed by atoms with Gasteiger partial charge in [0, 0.05) is 18.3 Å². The van der Waals surface area contributed by atoms with Gasteiger partial charge in [0.15, 0.2) is 0 Å². The molecule has 0 aliphatic heterocycles. The minimum atomic E-state index is -3.71. The van der Waals surface area contributed by atoms with Crippen LogP contribution < -0.4 is 10.5 Å². The Labute approximate surface area is 199 Å². The van der Waals surface area contributed by atoms with Gasteiger partial charge in [-0.1, -0.05) is 24.3 Å². The second kappa shape index (κ2) is 9.40. The highest BCUT2D eigenvalue weighted by molar-refractivity contribution is 7.89. The number of amides is 1. The van der Waals surface area contributed by atoms with E-state index in [-0.39, 0.29) is 17.2 Å². The first kappa shape index (κ1) is 23.7. The van der Waals surface area contributed by atoms with E-state index in [0.717, 1.165) is 33.7 Å². The second-order valence-electron chi connectivity index (χ2n) is 8.60. The fourth-order valence-electron chi connectivity index (χ4n) is 3.89. The van der Waals surface area contributed by atoms with Crippen LogP contribution in [0.3, 0.4) is 0 Å². The van der Waals surface area contributed by atoms with Crippen molar-refractivity contribution >= 4 is 21.6 Å². The topological polar surface area (TPSA) is 107 Å². The number of carbonyl (C=O) groups excluding carboxylic acids is 1. The third-order valence-corrected chi connectivity index (χ3v) is 6.91. The van der Waals surface area contributed by atoms with E-state index in [2.05, 4.69) is 31.3 Å². The number of imidazole rings is 1. The Kier molecular flexibility index (Phi) is 6.54. The Balaban J connectivity index is 1.51. The van der Waals surface area contributed by atoms with Crippen molar-refractivity contribution in [3.8, 4) is 11.3 Å². The Bertz CT molecular complexity index is 1470. The van der Waals surface area contributed by atoms with Gasteiger partial charge in [0.1, 0.15) is 5.65 Å². The number of primary sulfonamides is 1. The first-order valence-corrected chi connectivity index (χ1v) is 12.6. The Hall–Kier alpha value is -3.49. The van der Waals surface area contributed by atoms with Crippen molar-refractivity contribution < 1.29 is 13.2 Å². The SMILES string of the molecule is Cc1ccn2c(CC(=O)NCCc3ccc(S(N)(=O)=O)cc3)c(-c3ccc(C)c(C)c3)nc2c1. The van der Waals surface area contributed by atoms with Crippen molar-refractivity contribution in [1.29, 1.82) is 0 Å². The molecule has 2 aromatic heterocycles. The van der Waals surface area contributed by atoms with Gasteiger partial charge in [-0.3, -0.25) is 4.79 Å². The second-order valence-corrected chi connectivity index (χ2v) is 10.2. The smallest absolute Gasteiger partial charge is 0.238 e. The molecule has 3 N–H and O–H groups in total. The number of rotatable bonds is 7. The van der Waals surface area contributed by atoms with E-state index in [1.807, 2.05) is 35.7 Å². The number of fused-ring (bicyclic) bond motifs is 1. The first-order valence-electron chi connectivity index (χ1n) is 11.1. The normalized spacial score (nSPS) is 11.6. The fourth-order valence-corrected chi connectivity index (χ4v) is 4.41. The van der Waals surface area contributed by atoms with Crippen molar-refractivity contribution in [2.24, 2.45) is 5.14 Å². The zero-order valence-corrected chi connectivity index (χ0v) is 20.3. The number of hydrogen-bond donors (Lipinski definition) is 2. The zero-order valence-electron chi connectivity index (χ0n) is 19.5. The van der Waals surface area contributed by atoms with Crippen LogP contribution >= 0.6 is 0 Å². The highest BCUT2D eigenvalue weighted by Crippen LogP contribution is 2.27. The number of nitrogens with two attached hydrogens (primary N) is 1. The summed E-state index contributed by atoms with van der Waals surface area (Å²) in [6.45, 7) is 6.60. The van der Waals surface area contributed by atoms with Gasteiger partial charge in [-0.05, 0) is 79.8 Å². The molecule has 8 heteroatoms. The molecule has 0 aliphatic carbocycles. The summed E-state index contributed by atoms with van der Waals surface area (Å²) >= 11 is 0. The maximum Gasteiger partial charge on any atom is 0.238 e. The van der Waals surface area contributed by atoms with Crippen LogP contribution in [0.5, 0.6) is 0 Å². The number of nitrogens with zero attached hydrogens (tertiary/aromatic N) is 2. The number of aromatic nitrogens is 2. The van der Waals surface area contributed by atoms with Crippen LogP contribution in [0.25, 0.3) is 16.9 Å². The first-order chi connectivity index (χ1) is 16.1. The lowest BCUT2D eigenvalue weighted by molar-refractivity contribution is -0.120. The number of nitrogens with one attached hydrogen (secondary N) is 1. The van der Waals surface area contributed by atoms with E-state index < -0.39 is 10.0 Å². The van der Waals surface area contributed by atoms with Gasteiger partial charge < -0.3 is 9.72 Å². The maximum atomic E-state index is 12.9. The van der Waals surface area contributed by atoms with Crippen LogP contribution in [0.1, 0.15) is 27.9 Å². The minimum absolute atomic E-state index is 0.0713. The van der Waals surface area contributed by atoms with Gasteiger partial charge >= 0.3 is 0 Å². The van der Waals surface area contributed by atoms with E-state index in [4.69, 9.17) is 10.1 Å². The van der Waals surface area contributed by atoms with Crippen molar-refractivity contribution in [3.05, 3.63) is 88.7 Å². The number of pyridine rings is 1. The lowest BCUT2D eigenvalue weighted by atomic mass is 10.0. The predicted molar refractivity (Wildman–Crippen MR) is 133 cm³/mol. The Morgan fingerprint density at radius 2 is 1.74 bits per heavy atom. The average molecular weight is 477 g/mol. The summed E-state index contributed by atoms with van der Waals surface area (Å²) in [7, 11) is -3.71. The van der Waals surface area contributed by atoms with Crippen molar-refractivity contribution in [3.63, 3.8) is 0 Å². The van der Waals surface area contributed by atoms with E-state index in [1.54, 1.807) is 12.1 Å². The molecule has 0 radical (unpaired) electrons. The minimum Gasteiger partial charge on any atom is -0.355 e. The highest BCUT2D eigenvalue weighted by Gasteiger charge is 2.17. The van der Waals surface area contributed by atoms with Crippen LogP contribution in [0, 0.1) is 20.8 Å². The van der Waals surface area contributed by atoms with E-state index >= 15 is 0 Å². The third kappa shape index (κ3) is 5.18. The lowest BCUT2D eigenvalue weighted by Gasteiger charge is -2.09. The summed E-state index contributed by atoms with van der Waals surface area (Å²) in [6, 6.07) is 16.6. The number of hydrogen-bond acceptors (Lipinski definition) is 4. The summed E-state index contributed by atoms with van der Waals surface area (Å²) in [6.07, 6.45) is 2.72. The van der Waals surface area contributed by atoms with Gasteiger partial charge in [-0.2, -0.15) is 0 Å². The highest BCUT2D eigenvalue weighted by atomic mass is 32.2.